The number of aliphatic hydroxyl groups excluding tert-OH is 1. The molecule has 0 aliphatic rings. The van der Waals surface area contributed by atoms with Gasteiger partial charge in [0.25, 0.3) is 0 Å². The summed E-state index contributed by atoms with van der Waals surface area (Å²) in [5.41, 5.74) is 1.02. The number of methoxy groups -OCH3 is 1. The van der Waals surface area contributed by atoms with E-state index in [2.05, 4.69) is 10.7 Å². The van der Waals surface area contributed by atoms with E-state index in [0.717, 1.165) is 15.6 Å². The van der Waals surface area contributed by atoms with E-state index in [-0.39, 0.29) is 101 Å². The number of nitrogens with one attached hydrogen (secondary N) is 1. The zero-order valence-corrected chi connectivity index (χ0v) is 34.1. The van der Waals surface area contributed by atoms with Crippen molar-refractivity contribution in [2.24, 2.45) is 0 Å². The maximum absolute atomic E-state index is 13.7. The predicted octanol–water partition coefficient (Wildman–Crippen LogP) is 8.29. The molecule has 0 bridgehead atoms. The van der Waals surface area contributed by atoms with Crippen LogP contribution in [-0.4, -0.2) is 46.0 Å². The zero-order chi connectivity index (χ0) is 36.2. The topological polar surface area (TPSA) is 131 Å². The number of thiophene rings is 1. The van der Waals surface area contributed by atoms with Gasteiger partial charge in [-0.25, -0.2) is 8.42 Å². The van der Waals surface area contributed by atoms with Gasteiger partial charge in [0.1, 0.15) is 5.75 Å². The molecule has 0 fully saturated rings. The van der Waals surface area contributed by atoms with Crippen LogP contribution in [0.25, 0.3) is 0 Å². The van der Waals surface area contributed by atoms with E-state index in [4.69, 9.17) is 49.0 Å². The Labute approximate surface area is 347 Å². The summed E-state index contributed by atoms with van der Waals surface area (Å²) in [6, 6.07) is 21.3. The molecule has 5 rings (SSSR count). The van der Waals surface area contributed by atoms with Gasteiger partial charge in [-0.1, -0.05) is 65.1 Å². The van der Waals surface area contributed by atoms with Gasteiger partial charge < -0.3 is 24.6 Å². The SMILES string of the molecule is CCOc1ccc(N(C)S(=O)(=O)c2c[c-]sc2C(=O)Nc2cc(Cl)cc(C(O)Oc3cc(Cl)c(C(=O)c4ccccc4)c(Cl)c3)c2)cc1OC.[Ce]. The molecule has 1 aromatic heterocycles. The van der Waals surface area contributed by atoms with E-state index in [1.807, 2.05) is 6.92 Å². The maximum Gasteiger partial charge on any atom is 0.224 e. The van der Waals surface area contributed by atoms with Crippen LogP contribution in [0.5, 0.6) is 17.2 Å². The smallest absolute Gasteiger partial charge is 0.224 e. The molecule has 10 nitrogen and oxygen atoms in total. The molecule has 1 amide bonds. The number of aliphatic hydroxyl groups is 1. The van der Waals surface area contributed by atoms with E-state index >= 15 is 0 Å². The molecule has 0 radical (unpaired) electrons. The number of ketones is 1. The first kappa shape index (κ1) is 40.8. The van der Waals surface area contributed by atoms with Gasteiger partial charge in [-0.3, -0.25) is 25.2 Å². The molecule has 0 aliphatic carbocycles. The normalized spacial score (nSPS) is 11.6. The van der Waals surface area contributed by atoms with Gasteiger partial charge in [0.2, 0.25) is 16.3 Å². The summed E-state index contributed by atoms with van der Waals surface area (Å²) in [6.07, 6.45) is -1.61. The van der Waals surface area contributed by atoms with Crippen LogP contribution >= 0.6 is 46.1 Å². The maximum atomic E-state index is 13.7. The molecular formula is C35H28CeCl3N2O8S2-. The third-order valence-electron chi connectivity index (χ3n) is 7.22. The third kappa shape index (κ3) is 9.36. The molecular weight excluding hydrogens is 887 g/mol. The molecule has 2 N–H and O–H groups in total. The summed E-state index contributed by atoms with van der Waals surface area (Å²) in [5, 5.41) is 16.4. The Morgan fingerprint density at radius 1 is 0.980 bits per heavy atom. The molecule has 1 heterocycles. The fourth-order valence-electron chi connectivity index (χ4n) is 4.80. The van der Waals surface area contributed by atoms with Crippen LogP contribution < -0.4 is 23.8 Å². The van der Waals surface area contributed by atoms with Gasteiger partial charge in [-0.05, 0) is 59.2 Å². The summed E-state index contributed by atoms with van der Waals surface area (Å²) in [7, 11) is -1.44. The first-order valence-corrected chi connectivity index (χ1v) is 18.1. The van der Waals surface area contributed by atoms with E-state index < -0.39 is 22.2 Å². The molecule has 51 heavy (non-hydrogen) atoms. The summed E-state index contributed by atoms with van der Waals surface area (Å²) < 4.78 is 44.9. The van der Waals surface area contributed by atoms with Crippen molar-refractivity contribution in [1.82, 2.24) is 0 Å². The van der Waals surface area contributed by atoms with Crippen LogP contribution in [0, 0.1) is 47.1 Å². The summed E-state index contributed by atoms with van der Waals surface area (Å²) >= 11 is 19.9. The molecule has 0 saturated heterocycles. The number of anilines is 2. The molecule has 1 unspecified atom stereocenters. The number of ether oxygens (including phenoxy) is 3. The van der Waals surface area contributed by atoms with Crippen molar-refractivity contribution in [3.8, 4) is 17.2 Å². The molecule has 5 aromatic rings. The second kappa shape index (κ2) is 17.7. The van der Waals surface area contributed by atoms with Crippen LogP contribution in [0.15, 0.2) is 89.8 Å². The summed E-state index contributed by atoms with van der Waals surface area (Å²) in [6.45, 7) is 2.21. The van der Waals surface area contributed by atoms with Crippen LogP contribution in [0.1, 0.15) is 44.4 Å². The van der Waals surface area contributed by atoms with Crippen LogP contribution in [-0.2, 0) is 10.0 Å². The first-order valence-electron chi connectivity index (χ1n) is 14.7. The summed E-state index contributed by atoms with van der Waals surface area (Å²) in [5.74, 6) is -0.296. The van der Waals surface area contributed by atoms with Crippen molar-refractivity contribution in [3.05, 3.63) is 127 Å². The molecule has 0 spiro atoms. The Bertz CT molecular complexity index is 2140. The van der Waals surface area contributed by atoms with Crippen LogP contribution in [0.4, 0.5) is 11.4 Å². The Balaban J connectivity index is 0.00000583. The number of sulfonamides is 1. The molecule has 264 valence electrons. The van der Waals surface area contributed by atoms with Gasteiger partial charge in [0.15, 0.2) is 23.2 Å². The van der Waals surface area contributed by atoms with Gasteiger partial charge in [0, 0.05) is 76.7 Å². The number of benzene rings is 4. The number of carbonyl (C=O) groups excluding carboxylic acids is 2. The Hall–Kier alpha value is -2.92. The quantitative estimate of drug-likeness (QED) is 0.0686. The van der Waals surface area contributed by atoms with Crippen molar-refractivity contribution < 1.29 is 79.1 Å². The molecule has 4 aromatic carbocycles. The number of hydrogen-bond donors (Lipinski definition) is 2. The largest absolute Gasteiger partial charge is 0.493 e. The molecule has 16 heteroatoms. The zero-order valence-electron chi connectivity index (χ0n) is 27.1. The Morgan fingerprint density at radius 2 is 1.67 bits per heavy atom. The van der Waals surface area contributed by atoms with E-state index in [1.54, 1.807) is 42.5 Å². The number of amides is 1. The molecule has 1 atom stereocenters. The average molecular weight is 915 g/mol. The van der Waals surface area contributed by atoms with Crippen molar-refractivity contribution in [2.75, 3.05) is 30.4 Å². The number of nitrogens with zero attached hydrogens (tertiary/aromatic N) is 1. The fraction of sp³-hybridized carbons (Fsp3) is 0.143. The fourth-order valence-corrected chi connectivity index (χ4v) is 8.02. The number of halogens is 3. The number of rotatable bonds is 13. The van der Waals surface area contributed by atoms with Gasteiger partial charge in [-0.15, -0.1) is 5.38 Å². The molecule has 0 saturated carbocycles. The van der Waals surface area contributed by atoms with E-state index in [9.17, 15) is 23.1 Å². The van der Waals surface area contributed by atoms with Gasteiger partial charge in [-0.2, -0.15) is 6.07 Å². The second-order valence-corrected chi connectivity index (χ2v) is 14.5. The van der Waals surface area contributed by atoms with Crippen molar-refractivity contribution >= 4 is 79.2 Å². The minimum absolute atomic E-state index is 0. The number of hydrogen-bond acceptors (Lipinski definition) is 9. The number of carbonyl (C=O) groups is 2. The Morgan fingerprint density at radius 3 is 2.31 bits per heavy atom. The second-order valence-electron chi connectivity index (χ2n) is 10.5. The average Bonchev–Trinajstić information content (AvgIpc) is 3.60. The van der Waals surface area contributed by atoms with Gasteiger partial charge in [0.05, 0.1) is 35.0 Å². The van der Waals surface area contributed by atoms with Crippen molar-refractivity contribution in [3.63, 3.8) is 0 Å². The van der Waals surface area contributed by atoms with Crippen molar-refractivity contribution in [2.45, 2.75) is 18.1 Å². The molecule has 0 aliphatic heterocycles. The minimum Gasteiger partial charge on any atom is -0.493 e. The first-order chi connectivity index (χ1) is 23.8. The monoisotopic (exact) mass is 913 g/mol. The third-order valence-corrected chi connectivity index (χ3v) is 10.8. The summed E-state index contributed by atoms with van der Waals surface area (Å²) in [4.78, 5) is 26.0. The van der Waals surface area contributed by atoms with E-state index in [1.165, 1.54) is 56.6 Å². The van der Waals surface area contributed by atoms with Crippen molar-refractivity contribution in [1.29, 1.82) is 0 Å². The van der Waals surface area contributed by atoms with E-state index in [0.29, 0.717) is 23.7 Å². The Kier molecular flexibility index (Phi) is 14.2. The standard InChI is InChI=1S/C35H28Cl3N2O8S2.Ce/c1-4-47-28-11-10-24(17-29(28)46-3)40(2)50(44,45)30-12-13-49-33(30)34(42)39-23-15-21(14-22(36)16-23)35(43)48-25-18-26(37)31(27(38)19-25)32(41)20-8-6-5-7-9-20;/h5-12,14-19,35,43H,4H2,1-3H3,(H,39,42);/q-1;. The van der Waals surface area contributed by atoms with Crippen LogP contribution in [0.2, 0.25) is 15.1 Å². The van der Waals surface area contributed by atoms with Crippen LogP contribution in [0.3, 0.4) is 0 Å². The predicted molar refractivity (Wildman–Crippen MR) is 194 cm³/mol. The van der Waals surface area contributed by atoms with Gasteiger partial charge >= 0.3 is 0 Å². The minimum atomic E-state index is -4.24.